The maximum absolute atomic E-state index is 12.5. The summed E-state index contributed by atoms with van der Waals surface area (Å²) in [6.07, 6.45) is 3.40. The predicted octanol–water partition coefficient (Wildman–Crippen LogP) is 0.702. The van der Waals surface area contributed by atoms with Gasteiger partial charge in [-0.15, -0.1) is 5.10 Å². The number of aromatic nitrogens is 4. The molecular formula is C16H20N6O3. The Labute approximate surface area is 144 Å². The van der Waals surface area contributed by atoms with Crippen LogP contribution in [0.25, 0.3) is 0 Å². The number of likely N-dealkylation sites (tertiary alicyclic amines) is 2. The van der Waals surface area contributed by atoms with E-state index in [0.29, 0.717) is 43.1 Å². The van der Waals surface area contributed by atoms with E-state index < -0.39 is 0 Å². The quantitative estimate of drug-likeness (QED) is 0.810. The number of rotatable bonds is 4. The van der Waals surface area contributed by atoms with E-state index in [4.69, 9.17) is 4.52 Å². The highest BCUT2D eigenvalue weighted by molar-refractivity contribution is 5.96. The monoisotopic (exact) mass is 344 g/mol. The molecule has 2 aliphatic heterocycles. The zero-order valence-corrected chi connectivity index (χ0v) is 14.3. The van der Waals surface area contributed by atoms with Gasteiger partial charge in [0.25, 0.3) is 5.91 Å². The smallest absolute Gasteiger partial charge is 0.259 e. The molecule has 2 amide bonds. The molecule has 0 atom stereocenters. The van der Waals surface area contributed by atoms with Crippen LogP contribution in [0, 0.1) is 13.8 Å². The maximum Gasteiger partial charge on any atom is 0.259 e. The fourth-order valence-electron chi connectivity index (χ4n) is 3.37. The molecule has 0 radical (unpaired) electrons. The van der Waals surface area contributed by atoms with Crippen molar-refractivity contribution in [3.63, 3.8) is 0 Å². The third-order valence-corrected chi connectivity index (χ3v) is 4.85. The Hall–Kier alpha value is -2.71. The molecule has 2 fully saturated rings. The highest BCUT2D eigenvalue weighted by Gasteiger charge is 2.35. The first-order chi connectivity index (χ1) is 12.0. The Morgan fingerprint density at radius 3 is 2.80 bits per heavy atom. The lowest BCUT2D eigenvalue weighted by atomic mass is 10.1. The SMILES string of the molecule is Cc1noc(C)c1C(=O)N1CC(n2cc(CN3CCCC3=O)nn2)C1. The van der Waals surface area contributed by atoms with Gasteiger partial charge in [0, 0.05) is 26.1 Å². The molecule has 0 unspecified atom stereocenters. The van der Waals surface area contributed by atoms with Crippen LogP contribution >= 0.6 is 0 Å². The zero-order chi connectivity index (χ0) is 17.6. The van der Waals surface area contributed by atoms with Gasteiger partial charge in [-0.2, -0.15) is 0 Å². The fourth-order valence-corrected chi connectivity index (χ4v) is 3.37. The van der Waals surface area contributed by atoms with Crippen molar-refractivity contribution >= 4 is 11.8 Å². The predicted molar refractivity (Wildman–Crippen MR) is 85.6 cm³/mol. The molecule has 0 bridgehead atoms. The minimum atomic E-state index is -0.0597. The highest BCUT2D eigenvalue weighted by Crippen LogP contribution is 2.25. The highest BCUT2D eigenvalue weighted by atomic mass is 16.5. The lowest BCUT2D eigenvalue weighted by molar-refractivity contribution is -0.128. The van der Waals surface area contributed by atoms with Crippen molar-refractivity contribution in [1.82, 2.24) is 30.0 Å². The molecule has 4 heterocycles. The molecule has 9 heteroatoms. The van der Waals surface area contributed by atoms with Crippen molar-refractivity contribution in [3.05, 3.63) is 28.9 Å². The molecule has 0 aromatic carbocycles. The zero-order valence-electron chi connectivity index (χ0n) is 14.3. The van der Waals surface area contributed by atoms with Gasteiger partial charge in [0.2, 0.25) is 5.91 Å². The molecule has 9 nitrogen and oxygen atoms in total. The number of nitrogens with zero attached hydrogens (tertiary/aromatic N) is 6. The Morgan fingerprint density at radius 2 is 2.16 bits per heavy atom. The third kappa shape index (κ3) is 2.79. The normalized spacial score (nSPS) is 18.1. The first kappa shape index (κ1) is 15.8. The summed E-state index contributed by atoms with van der Waals surface area (Å²) < 4.78 is 6.85. The van der Waals surface area contributed by atoms with Gasteiger partial charge in [-0.3, -0.25) is 9.59 Å². The van der Waals surface area contributed by atoms with E-state index in [9.17, 15) is 9.59 Å². The van der Waals surface area contributed by atoms with Crippen molar-refractivity contribution in [3.8, 4) is 0 Å². The molecule has 0 spiro atoms. The molecular weight excluding hydrogens is 324 g/mol. The number of amides is 2. The molecule has 2 aromatic rings. The van der Waals surface area contributed by atoms with E-state index in [-0.39, 0.29) is 17.9 Å². The second kappa shape index (κ2) is 5.98. The molecule has 2 aliphatic rings. The maximum atomic E-state index is 12.5. The van der Waals surface area contributed by atoms with E-state index in [2.05, 4.69) is 15.5 Å². The first-order valence-electron chi connectivity index (χ1n) is 8.43. The molecule has 2 aromatic heterocycles. The summed E-state index contributed by atoms with van der Waals surface area (Å²) in [6, 6.07) is 0.111. The minimum absolute atomic E-state index is 0.0597. The van der Waals surface area contributed by atoms with Gasteiger partial charge in [0.1, 0.15) is 17.0 Å². The number of hydrogen-bond donors (Lipinski definition) is 0. The van der Waals surface area contributed by atoms with E-state index in [1.54, 1.807) is 23.4 Å². The van der Waals surface area contributed by atoms with Crippen molar-refractivity contribution in [2.75, 3.05) is 19.6 Å². The summed E-state index contributed by atoms with van der Waals surface area (Å²) in [5.41, 5.74) is 1.94. The Kier molecular flexibility index (Phi) is 3.78. The van der Waals surface area contributed by atoms with Crippen LogP contribution < -0.4 is 0 Å². The number of carbonyl (C=O) groups excluding carboxylic acids is 2. The van der Waals surface area contributed by atoms with Crippen LogP contribution in [0.4, 0.5) is 0 Å². The first-order valence-corrected chi connectivity index (χ1v) is 8.43. The van der Waals surface area contributed by atoms with Gasteiger partial charge in [-0.1, -0.05) is 10.4 Å². The molecule has 0 saturated carbocycles. The Bertz CT molecular complexity index is 800. The van der Waals surface area contributed by atoms with E-state index in [0.717, 1.165) is 18.7 Å². The minimum Gasteiger partial charge on any atom is -0.361 e. The Balaban J connectivity index is 1.36. The van der Waals surface area contributed by atoms with Crippen LogP contribution in [0.1, 0.15) is 46.4 Å². The van der Waals surface area contributed by atoms with Crippen LogP contribution in [0.2, 0.25) is 0 Å². The largest absolute Gasteiger partial charge is 0.361 e. The van der Waals surface area contributed by atoms with Gasteiger partial charge in [0.05, 0.1) is 24.5 Å². The fraction of sp³-hybridized carbons (Fsp3) is 0.562. The molecule has 0 N–H and O–H groups in total. The van der Waals surface area contributed by atoms with E-state index >= 15 is 0 Å². The van der Waals surface area contributed by atoms with Crippen molar-refractivity contribution in [1.29, 1.82) is 0 Å². The molecule has 132 valence electrons. The summed E-state index contributed by atoms with van der Waals surface area (Å²) in [5.74, 6) is 0.661. The molecule has 25 heavy (non-hydrogen) atoms. The lowest BCUT2D eigenvalue weighted by Gasteiger charge is -2.38. The van der Waals surface area contributed by atoms with Crippen molar-refractivity contribution in [2.45, 2.75) is 39.3 Å². The second-order valence-electron chi connectivity index (χ2n) is 6.67. The van der Waals surface area contributed by atoms with Gasteiger partial charge in [-0.25, -0.2) is 4.68 Å². The number of carbonyl (C=O) groups is 2. The molecule has 2 saturated heterocycles. The Morgan fingerprint density at radius 1 is 1.36 bits per heavy atom. The summed E-state index contributed by atoms with van der Waals surface area (Å²) in [4.78, 5) is 27.8. The average Bonchev–Trinajstić information content (AvgIpc) is 3.22. The summed E-state index contributed by atoms with van der Waals surface area (Å²) >= 11 is 0. The second-order valence-corrected chi connectivity index (χ2v) is 6.67. The van der Waals surface area contributed by atoms with Gasteiger partial charge < -0.3 is 14.3 Å². The van der Waals surface area contributed by atoms with Crippen LogP contribution in [0.3, 0.4) is 0 Å². The van der Waals surface area contributed by atoms with Crippen LogP contribution in [-0.2, 0) is 11.3 Å². The van der Waals surface area contributed by atoms with E-state index in [1.165, 1.54) is 0 Å². The average molecular weight is 344 g/mol. The molecule has 0 aliphatic carbocycles. The number of hydrogen-bond acceptors (Lipinski definition) is 6. The summed E-state index contributed by atoms with van der Waals surface area (Å²) in [7, 11) is 0. The standard InChI is InChI=1S/C16H20N6O3/c1-10-15(11(2)25-18-10)16(24)21-8-13(9-21)22-7-12(17-19-22)6-20-5-3-4-14(20)23/h7,13H,3-6,8-9H2,1-2H3. The summed E-state index contributed by atoms with van der Waals surface area (Å²) in [5, 5.41) is 12.1. The van der Waals surface area contributed by atoms with Crippen LogP contribution in [-0.4, -0.2) is 61.4 Å². The van der Waals surface area contributed by atoms with Crippen molar-refractivity contribution in [2.24, 2.45) is 0 Å². The van der Waals surface area contributed by atoms with Crippen LogP contribution in [0.5, 0.6) is 0 Å². The topological polar surface area (TPSA) is 97.4 Å². The summed E-state index contributed by atoms with van der Waals surface area (Å²) in [6.45, 7) is 5.96. The van der Waals surface area contributed by atoms with Gasteiger partial charge in [-0.05, 0) is 20.3 Å². The van der Waals surface area contributed by atoms with Gasteiger partial charge in [0.15, 0.2) is 0 Å². The third-order valence-electron chi connectivity index (χ3n) is 4.85. The van der Waals surface area contributed by atoms with Crippen molar-refractivity contribution < 1.29 is 14.1 Å². The van der Waals surface area contributed by atoms with Crippen LogP contribution in [0.15, 0.2) is 10.7 Å². The van der Waals surface area contributed by atoms with Gasteiger partial charge >= 0.3 is 0 Å². The molecule has 4 rings (SSSR count). The lowest BCUT2D eigenvalue weighted by Crippen LogP contribution is -2.51. The van der Waals surface area contributed by atoms with E-state index in [1.807, 2.05) is 11.1 Å². The number of aryl methyl sites for hydroxylation is 2.